The van der Waals surface area contributed by atoms with Crippen LogP contribution in [-0.4, -0.2) is 21.2 Å². The van der Waals surface area contributed by atoms with E-state index in [-0.39, 0.29) is 30.9 Å². The van der Waals surface area contributed by atoms with Crippen molar-refractivity contribution in [3.05, 3.63) is 303 Å². The van der Waals surface area contributed by atoms with Gasteiger partial charge in [0.2, 0.25) is 0 Å². The molecule has 2 aliphatic heterocycles. The number of nitrogens with zero attached hydrogens (tertiary/aromatic N) is 5. The lowest BCUT2D eigenvalue weighted by atomic mass is 9.33. The molecule has 0 radical (unpaired) electrons. The average Bonchev–Trinajstić information content (AvgIpc) is 0.888. The van der Waals surface area contributed by atoms with E-state index in [2.05, 4.69) is 233 Å². The van der Waals surface area contributed by atoms with Crippen LogP contribution >= 0.6 is 0 Å². The third-order valence-electron chi connectivity index (χ3n) is 16.4. The van der Waals surface area contributed by atoms with Gasteiger partial charge in [-0.2, -0.15) is 0 Å². The monoisotopic (exact) mass is 1050 g/mol. The van der Waals surface area contributed by atoms with Crippen LogP contribution in [0.1, 0.15) is 5.48 Å². The Morgan fingerprint density at radius 3 is 1.21 bits per heavy atom. The van der Waals surface area contributed by atoms with Gasteiger partial charge >= 0.3 is 0 Å². The molecule has 0 saturated carbocycles. The molecule has 0 fully saturated rings. The van der Waals surface area contributed by atoms with Gasteiger partial charge in [0.1, 0.15) is 0 Å². The quantitative estimate of drug-likeness (QED) is 0.135. The van der Waals surface area contributed by atoms with Gasteiger partial charge in [-0.25, -0.2) is 0 Å². The topological polar surface area (TPSA) is 37.2 Å². The Hall–Kier alpha value is -10.8. The molecule has 0 amide bonds. The molecule has 0 saturated heterocycles. The number of anilines is 6. The normalized spacial score (nSPS) is 13.0. The highest BCUT2D eigenvalue weighted by molar-refractivity contribution is 7.00. The van der Waals surface area contributed by atoms with Crippen molar-refractivity contribution in [2.45, 2.75) is 0 Å². The Bertz CT molecular complexity index is 4630. The first kappa shape index (κ1) is 43.1. The maximum Gasteiger partial charge on any atom is 0.252 e. The van der Waals surface area contributed by atoms with Crippen molar-refractivity contribution in [3.63, 3.8) is 0 Å². The van der Waals surface area contributed by atoms with Crippen LogP contribution in [0.2, 0.25) is 0 Å². The van der Waals surface area contributed by atoms with E-state index in [1.807, 2.05) is 60.9 Å². The molecule has 0 spiro atoms. The van der Waals surface area contributed by atoms with Crippen LogP contribution in [-0.2, 0) is 0 Å². The van der Waals surface area contributed by atoms with Crippen LogP contribution in [0.5, 0.6) is 0 Å². The summed E-state index contributed by atoms with van der Waals surface area (Å²) in [6.07, 6.45) is 3.70. The van der Waals surface area contributed by atoms with Crippen LogP contribution in [0.3, 0.4) is 0 Å². The highest BCUT2D eigenvalue weighted by atomic mass is 15.2. The molecule has 5 heterocycles. The zero-order valence-corrected chi connectivity index (χ0v) is 44.4. The van der Waals surface area contributed by atoms with Crippen molar-refractivity contribution in [1.82, 2.24) is 14.5 Å². The van der Waals surface area contributed by atoms with E-state index >= 15 is 0 Å². The Balaban J connectivity index is 1.13. The van der Waals surface area contributed by atoms with Crippen LogP contribution in [0.15, 0.2) is 303 Å². The zero-order valence-electron chi connectivity index (χ0n) is 48.4. The molecule has 0 atom stereocenters. The Morgan fingerprint density at radius 1 is 0.329 bits per heavy atom. The Morgan fingerprint density at radius 2 is 0.756 bits per heavy atom. The second-order valence-corrected chi connectivity index (χ2v) is 20.9. The predicted molar refractivity (Wildman–Crippen MR) is 343 cm³/mol. The van der Waals surface area contributed by atoms with Gasteiger partial charge in [0.05, 0.1) is 45.0 Å². The highest BCUT2D eigenvalue weighted by Gasteiger charge is 2.46. The van der Waals surface area contributed by atoms with Gasteiger partial charge in [0.25, 0.3) is 6.71 Å². The smallest absolute Gasteiger partial charge is 0.252 e. The lowest BCUT2D eigenvalue weighted by molar-refractivity contribution is 1.16. The predicted octanol–water partition coefficient (Wildman–Crippen LogP) is 17.7. The molecule has 2 aliphatic rings. The molecule has 0 aliphatic carbocycles. The zero-order chi connectivity index (χ0) is 57.6. The van der Waals surface area contributed by atoms with Gasteiger partial charge in [0, 0.05) is 79.3 Å². The fourth-order valence-electron chi connectivity index (χ4n) is 12.9. The summed E-state index contributed by atoms with van der Waals surface area (Å²) in [5.74, 6) is 0. The largest absolute Gasteiger partial charge is 0.310 e. The average molecular weight is 1050 g/mol. The summed E-state index contributed by atoms with van der Waals surface area (Å²) in [6.45, 7) is -0.342. The molecular formula is C76H50BN5. The van der Waals surface area contributed by atoms with E-state index in [4.69, 9.17) is 11.3 Å². The van der Waals surface area contributed by atoms with Crippen LogP contribution < -0.4 is 26.2 Å². The van der Waals surface area contributed by atoms with Gasteiger partial charge in [0.15, 0.2) is 0 Å². The molecule has 5 nitrogen and oxygen atoms in total. The van der Waals surface area contributed by atoms with Gasteiger partial charge < -0.3 is 14.4 Å². The Labute approximate surface area is 482 Å². The first-order chi connectivity index (χ1) is 42.4. The SMILES string of the molecule is [2H]c1c([2H])c([2H])c2c(c1[2H])c1ccccc1n2-c1cc2c3c(c1)N(c1c(-c4ccccc4)cccc1-c1ccccc1)c1cc(-c4ccccn4)ccc1B3c1ccc(-c3ccccn3)cc1N2c1c(-c2ccccc2)cccc1-c1ccccc1. The van der Waals surface area contributed by atoms with E-state index < -0.39 is 0 Å². The molecule has 3 aromatic heterocycles. The van der Waals surface area contributed by atoms with Crippen molar-refractivity contribution in [2.75, 3.05) is 9.80 Å². The van der Waals surface area contributed by atoms with Gasteiger partial charge in [-0.05, 0) is 99.3 Å². The van der Waals surface area contributed by atoms with Crippen LogP contribution in [0.4, 0.5) is 34.1 Å². The summed E-state index contributed by atoms with van der Waals surface area (Å²) in [6, 6.07) is 93.3. The number of para-hydroxylation sites is 4. The van der Waals surface area contributed by atoms with Gasteiger partial charge in [-0.3, -0.25) is 9.97 Å². The molecule has 16 rings (SSSR count). The minimum atomic E-state index is -0.342. The molecule has 0 unspecified atom stereocenters. The van der Waals surface area contributed by atoms with E-state index in [1.165, 1.54) is 0 Å². The summed E-state index contributed by atoms with van der Waals surface area (Å²) in [7, 11) is 0. The van der Waals surface area contributed by atoms with E-state index in [0.717, 1.165) is 128 Å². The standard InChI is InChI=1S/C76H50BN5/c1-5-23-51(24-6-1)58-33-21-34-59(52-25-7-2-8-26-52)75(58)81-70-47-55(66-37-17-19-45-78-66)41-43-64(70)77-65-44-42-56(67-38-18-20-46-79-67)48-71(65)82(76-60(53-27-9-3-10-28-53)35-22-36-61(76)54-29-11-4-12-30-54)73-50-57(49-72(81)74(73)77)80-68-39-15-13-31-62(68)63-32-14-16-40-69(63)80/h1-50H/i13D,15D,31D,39D. The third kappa shape index (κ3) is 7.64. The minimum absolute atomic E-state index is 0.0842. The Kier molecular flexibility index (Phi) is 10.3. The lowest BCUT2D eigenvalue weighted by Crippen LogP contribution is -2.61. The van der Waals surface area contributed by atoms with Gasteiger partial charge in [-0.15, -0.1) is 0 Å². The molecule has 6 heteroatoms. The third-order valence-corrected chi connectivity index (χ3v) is 16.4. The fraction of sp³-hybridized carbons (Fsp3) is 0. The first-order valence-corrected chi connectivity index (χ1v) is 27.8. The number of rotatable bonds is 9. The van der Waals surface area contributed by atoms with Crippen molar-refractivity contribution >= 4 is 79.0 Å². The van der Waals surface area contributed by atoms with E-state index in [1.54, 1.807) is 0 Å². The minimum Gasteiger partial charge on any atom is -0.310 e. The number of benzene rings is 11. The van der Waals surface area contributed by atoms with Crippen LogP contribution in [0, 0.1) is 0 Å². The van der Waals surface area contributed by atoms with E-state index in [0.29, 0.717) is 16.6 Å². The molecular weight excluding hydrogens is 994 g/mol. The first-order valence-electron chi connectivity index (χ1n) is 29.8. The highest BCUT2D eigenvalue weighted by Crippen LogP contribution is 2.54. The molecule has 382 valence electrons. The molecule has 14 aromatic rings. The molecule has 0 N–H and O–H groups in total. The summed E-state index contributed by atoms with van der Waals surface area (Å²) < 4.78 is 39.9. The van der Waals surface area contributed by atoms with Crippen molar-refractivity contribution in [1.29, 1.82) is 0 Å². The number of hydrogen-bond acceptors (Lipinski definition) is 4. The fourth-order valence-corrected chi connectivity index (χ4v) is 12.9. The van der Waals surface area contributed by atoms with E-state index in [9.17, 15) is 4.11 Å². The lowest BCUT2D eigenvalue weighted by Gasteiger charge is -2.46. The second kappa shape index (κ2) is 19.5. The summed E-state index contributed by atoms with van der Waals surface area (Å²) in [4.78, 5) is 14.9. The number of fused-ring (bicyclic) bond motifs is 7. The van der Waals surface area contributed by atoms with Crippen molar-refractivity contribution < 1.29 is 5.48 Å². The van der Waals surface area contributed by atoms with Crippen molar-refractivity contribution in [2.24, 2.45) is 0 Å². The van der Waals surface area contributed by atoms with Crippen LogP contribution in [0.25, 0.3) is 94.5 Å². The maximum absolute atomic E-state index is 9.88. The number of aromatic nitrogens is 3. The molecule has 0 bridgehead atoms. The molecule has 82 heavy (non-hydrogen) atoms. The second-order valence-electron chi connectivity index (χ2n) is 20.9. The number of pyridine rings is 2. The maximum atomic E-state index is 9.88. The summed E-state index contributed by atoms with van der Waals surface area (Å²) >= 11 is 0. The summed E-state index contributed by atoms with van der Waals surface area (Å²) in [5, 5.41) is 1.19. The van der Waals surface area contributed by atoms with Gasteiger partial charge in [-0.1, -0.05) is 230 Å². The summed E-state index contributed by atoms with van der Waals surface area (Å²) in [5.41, 5.74) is 22.7. The molecule has 11 aromatic carbocycles. The number of hydrogen-bond donors (Lipinski definition) is 0. The van der Waals surface area contributed by atoms with Crippen molar-refractivity contribution in [3.8, 4) is 72.7 Å².